The summed E-state index contributed by atoms with van der Waals surface area (Å²) in [5.74, 6) is 3.12. The molecule has 4 heterocycles. The van der Waals surface area contributed by atoms with E-state index >= 15 is 0 Å². The Kier molecular flexibility index (Phi) is 7.34. The fraction of sp³-hybridized carbons (Fsp3) is 0.0517. The lowest BCUT2D eigenvalue weighted by Crippen LogP contribution is -2.07. The molecule has 1 aliphatic rings. The van der Waals surface area contributed by atoms with Crippen LogP contribution in [0.25, 0.3) is 133 Å². The second-order valence-corrected chi connectivity index (χ2v) is 17.2. The van der Waals surface area contributed by atoms with Crippen LogP contribution < -0.4 is 0 Å². The third-order valence-corrected chi connectivity index (χ3v) is 13.3. The van der Waals surface area contributed by atoms with Crippen molar-refractivity contribution in [2.24, 2.45) is 5.92 Å². The quantitative estimate of drug-likeness (QED) is 0.177. The summed E-state index contributed by atoms with van der Waals surface area (Å²) >= 11 is 0. The molecule has 0 amide bonds. The highest BCUT2D eigenvalue weighted by molar-refractivity contribution is 6.24. The summed E-state index contributed by atoms with van der Waals surface area (Å²) in [4.78, 5) is 16.2. The molecule has 0 fully saturated rings. The highest BCUT2D eigenvalue weighted by Gasteiger charge is 2.25. The van der Waals surface area contributed by atoms with E-state index in [-0.39, 0.29) is 0 Å². The van der Waals surface area contributed by atoms with E-state index in [1.54, 1.807) is 0 Å². The lowest BCUT2D eigenvalue weighted by Gasteiger charge is -2.14. The van der Waals surface area contributed by atoms with Gasteiger partial charge in [0, 0.05) is 66.6 Å². The van der Waals surface area contributed by atoms with Gasteiger partial charge in [-0.1, -0.05) is 165 Å². The smallest absolute Gasteiger partial charge is 0.238 e. The molecule has 0 saturated heterocycles. The van der Waals surface area contributed by atoms with Crippen molar-refractivity contribution in [1.29, 1.82) is 0 Å². The van der Waals surface area contributed by atoms with Crippen LogP contribution in [0, 0.1) is 5.92 Å². The Labute approximate surface area is 366 Å². The zero-order chi connectivity index (χ0) is 42.0. The number of rotatable bonds is 4. The molecule has 0 N–H and O–H groups in total. The number of benzene rings is 9. The van der Waals surface area contributed by atoms with Crippen molar-refractivity contribution in [2.75, 3.05) is 0 Å². The first-order chi connectivity index (χ1) is 31.6. The van der Waals surface area contributed by atoms with Gasteiger partial charge in [-0.2, -0.15) is 9.97 Å². The zero-order valence-electron chi connectivity index (χ0n) is 34.7. The third-order valence-electron chi connectivity index (χ3n) is 13.3. The average Bonchev–Trinajstić information content (AvgIpc) is 4.03. The molecule has 1 unspecified atom stereocenters. The number of hydrogen-bond donors (Lipinski definition) is 0. The molecule has 300 valence electrons. The van der Waals surface area contributed by atoms with E-state index in [4.69, 9.17) is 23.8 Å². The summed E-state index contributed by atoms with van der Waals surface area (Å²) in [5, 5.41) is 12.4. The van der Waals surface area contributed by atoms with Crippen LogP contribution in [-0.2, 0) is 6.42 Å². The molecule has 0 spiro atoms. The molecule has 1 aliphatic carbocycles. The topological polar surface area (TPSA) is 69.9 Å². The normalized spacial score (nSPS) is 14.0. The predicted octanol–water partition coefficient (Wildman–Crippen LogP) is 15.3. The Balaban J connectivity index is 1.09. The molecule has 4 aromatic heterocycles. The summed E-state index contributed by atoms with van der Waals surface area (Å²) in [5.41, 5.74) is 9.48. The molecule has 0 saturated carbocycles. The van der Waals surface area contributed by atoms with Gasteiger partial charge in [0.15, 0.2) is 11.6 Å². The molecular weight excluding hydrogens is 785 g/mol. The largest absolute Gasteiger partial charge is 0.460 e. The van der Waals surface area contributed by atoms with E-state index < -0.39 is 0 Å². The van der Waals surface area contributed by atoms with Gasteiger partial charge in [-0.15, -0.1) is 0 Å². The van der Waals surface area contributed by atoms with E-state index in [2.05, 4.69) is 194 Å². The number of allylic oxidation sites excluding steroid dienone is 1. The number of para-hydroxylation sites is 2. The summed E-state index contributed by atoms with van der Waals surface area (Å²) in [6.45, 7) is 2.22. The third kappa shape index (κ3) is 5.17. The maximum atomic E-state index is 6.88. The van der Waals surface area contributed by atoms with Gasteiger partial charge in [0.05, 0.1) is 11.0 Å². The molecule has 64 heavy (non-hydrogen) atoms. The molecule has 9 aromatic carbocycles. The highest BCUT2D eigenvalue weighted by atomic mass is 16.3. The fourth-order valence-corrected chi connectivity index (χ4v) is 10.3. The van der Waals surface area contributed by atoms with Crippen LogP contribution >= 0.6 is 0 Å². The molecular formula is C58H36N4O2. The predicted molar refractivity (Wildman–Crippen MR) is 262 cm³/mol. The highest BCUT2D eigenvalue weighted by Crippen LogP contribution is 2.45. The van der Waals surface area contributed by atoms with E-state index in [9.17, 15) is 0 Å². The molecule has 0 bridgehead atoms. The van der Waals surface area contributed by atoms with E-state index in [0.717, 1.165) is 116 Å². The zero-order valence-corrected chi connectivity index (χ0v) is 34.7. The van der Waals surface area contributed by atoms with E-state index in [1.165, 1.54) is 10.8 Å². The summed E-state index contributed by atoms with van der Waals surface area (Å²) in [6, 6.07) is 60.1. The monoisotopic (exact) mass is 820 g/mol. The maximum Gasteiger partial charge on any atom is 0.238 e. The van der Waals surface area contributed by atoms with Gasteiger partial charge in [0.2, 0.25) is 5.95 Å². The standard InChI is InChI=1S/C58H36N4O2/c1-33-20-26-42-43-27-24-39(32-51(43)63-50(42)30-33)57-59-56(38-22-21-34-10-2-3-13-37(34)31-38)60-58(61-57)62-53-41-15-7-5-12-36(41)23-28-46(53)44-16-8-17-45(54(44)62)47-18-9-19-48-52-40-14-6-4-11-35(40)25-29-49(52)64-55(47)48/h2-29,31-33H,30H2,1H3. The van der Waals surface area contributed by atoms with Crippen molar-refractivity contribution in [3.63, 3.8) is 0 Å². The van der Waals surface area contributed by atoms with Crippen LogP contribution in [0.5, 0.6) is 0 Å². The Hall–Kier alpha value is -8.35. The lowest BCUT2D eigenvalue weighted by molar-refractivity contribution is 0.513. The second-order valence-electron chi connectivity index (χ2n) is 17.2. The molecule has 1 atom stereocenters. The van der Waals surface area contributed by atoms with Gasteiger partial charge in [0.1, 0.15) is 22.5 Å². The van der Waals surface area contributed by atoms with Crippen molar-refractivity contribution in [3.05, 3.63) is 187 Å². The lowest BCUT2D eigenvalue weighted by atomic mass is 9.95. The fourth-order valence-electron chi connectivity index (χ4n) is 10.3. The molecule has 0 radical (unpaired) electrons. The Morgan fingerprint density at radius 2 is 1.12 bits per heavy atom. The minimum Gasteiger partial charge on any atom is -0.460 e. The van der Waals surface area contributed by atoms with Crippen LogP contribution in [0.1, 0.15) is 18.2 Å². The average molecular weight is 821 g/mol. The van der Waals surface area contributed by atoms with Gasteiger partial charge in [-0.3, -0.25) is 4.57 Å². The summed E-state index contributed by atoms with van der Waals surface area (Å²) in [7, 11) is 0. The Bertz CT molecular complexity index is 4150. The first-order valence-corrected chi connectivity index (χ1v) is 21.9. The van der Waals surface area contributed by atoms with Crippen molar-refractivity contribution in [2.45, 2.75) is 13.3 Å². The first kappa shape index (κ1) is 35.3. The van der Waals surface area contributed by atoms with Crippen molar-refractivity contribution in [3.8, 4) is 39.9 Å². The second kappa shape index (κ2) is 13.3. The van der Waals surface area contributed by atoms with Gasteiger partial charge in [-0.05, 0) is 57.1 Å². The first-order valence-electron chi connectivity index (χ1n) is 21.9. The van der Waals surface area contributed by atoms with Crippen molar-refractivity contribution >= 4 is 93.1 Å². The van der Waals surface area contributed by atoms with Gasteiger partial charge in [-0.25, -0.2) is 4.98 Å². The number of hydrogen-bond acceptors (Lipinski definition) is 5. The summed E-state index contributed by atoms with van der Waals surface area (Å²) < 4.78 is 15.7. The minimum atomic E-state index is 0.425. The number of nitrogens with zero attached hydrogens (tertiary/aromatic N) is 4. The van der Waals surface area contributed by atoms with Gasteiger partial charge < -0.3 is 8.83 Å². The van der Waals surface area contributed by atoms with Crippen LogP contribution in [0.4, 0.5) is 0 Å². The van der Waals surface area contributed by atoms with Crippen LogP contribution in [0.15, 0.2) is 185 Å². The van der Waals surface area contributed by atoms with Gasteiger partial charge >= 0.3 is 0 Å². The van der Waals surface area contributed by atoms with E-state index in [0.29, 0.717) is 23.5 Å². The SMILES string of the molecule is CC1C=Cc2c(oc3cc(-c4nc(-c5ccc6ccccc6c5)nc(-n5c6c(-c7cccc8c7oc7ccc9ccccc9c78)cccc6c6ccc7ccccc7c65)n4)ccc23)C1. The molecule has 6 nitrogen and oxygen atoms in total. The van der Waals surface area contributed by atoms with Crippen molar-refractivity contribution in [1.82, 2.24) is 19.5 Å². The van der Waals surface area contributed by atoms with E-state index in [1.807, 2.05) is 0 Å². The molecule has 6 heteroatoms. The van der Waals surface area contributed by atoms with Crippen LogP contribution in [0.3, 0.4) is 0 Å². The molecule has 13 aromatic rings. The van der Waals surface area contributed by atoms with Crippen LogP contribution in [0.2, 0.25) is 0 Å². The maximum absolute atomic E-state index is 6.88. The summed E-state index contributed by atoms with van der Waals surface area (Å²) in [6.07, 6.45) is 5.34. The Morgan fingerprint density at radius 3 is 1.98 bits per heavy atom. The van der Waals surface area contributed by atoms with Gasteiger partial charge in [0.25, 0.3) is 0 Å². The molecule has 0 aliphatic heterocycles. The van der Waals surface area contributed by atoms with Crippen molar-refractivity contribution < 1.29 is 8.83 Å². The minimum absolute atomic E-state index is 0.425. The Morgan fingerprint density at radius 1 is 0.484 bits per heavy atom. The number of furan rings is 2. The molecule has 14 rings (SSSR count). The number of aromatic nitrogens is 4. The van der Waals surface area contributed by atoms with Crippen LogP contribution in [-0.4, -0.2) is 19.5 Å². The number of fused-ring (bicyclic) bond motifs is 14.